The van der Waals surface area contributed by atoms with Crippen molar-refractivity contribution in [2.24, 2.45) is 5.92 Å². The molecule has 0 bridgehead atoms. The third-order valence-corrected chi connectivity index (χ3v) is 4.98. The third kappa shape index (κ3) is 4.00. The SMILES string of the molecule is Cc1nccn1CCNC(=O)C1CCCN(c2ccc(-n3cncn3)nn2)C1. The minimum atomic E-state index is -0.0468. The molecule has 3 aromatic rings. The van der Waals surface area contributed by atoms with Gasteiger partial charge in [0.25, 0.3) is 0 Å². The van der Waals surface area contributed by atoms with E-state index in [-0.39, 0.29) is 11.8 Å². The number of aromatic nitrogens is 7. The Hall–Kier alpha value is -3.30. The van der Waals surface area contributed by atoms with Crippen molar-refractivity contribution in [2.75, 3.05) is 24.5 Å². The fourth-order valence-corrected chi connectivity index (χ4v) is 3.42. The smallest absolute Gasteiger partial charge is 0.224 e. The molecule has 10 heteroatoms. The minimum Gasteiger partial charge on any atom is -0.354 e. The maximum Gasteiger partial charge on any atom is 0.224 e. The molecule has 1 saturated heterocycles. The Bertz CT molecular complexity index is 904. The van der Waals surface area contributed by atoms with E-state index in [2.05, 4.69) is 35.5 Å². The number of aryl methyl sites for hydroxylation is 1. The Balaban J connectivity index is 1.32. The highest BCUT2D eigenvalue weighted by molar-refractivity contribution is 5.79. The van der Waals surface area contributed by atoms with Gasteiger partial charge in [-0.25, -0.2) is 14.6 Å². The van der Waals surface area contributed by atoms with Crippen molar-refractivity contribution in [3.8, 4) is 5.82 Å². The molecule has 4 heterocycles. The van der Waals surface area contributed by atoms with Crippen LogP contribution in [0.3, 0.4) is 0 Å². The van der Waals surface area contributed by atoms with Gasteiger partial charge in [-0.05, 0) is 31.9 Å². The lowest BCUT2D eigenvalue weighted by molar-refractivity contribution is -0.125. The van der Waals surface area contributed by atoms with Gasteiger partial charge in [-0.15, -0.1) is 10.2 Å². The van der Waals surface area contributed by atoms with Gasteiger partial charge in [-0.3, -0.25) is 4.79 Å². The molecule has 1 amide bonds. The highest BCUT2D eigenvalue weighted by Crippen LogP contribution is 2.21. The lowest BCUT2D eigenvalue weighted by Gasteiger charge is -2.32. The first-order valence-corrected chi connectivity index (χ1v) is 9.40. The summed E-state index contributed by atoms with van der Waals surface area (Å²) < 4.78 is 3.59. The van der Waals surface area contributed by atoms with E-state index in [0.29, 0.717) is 18.9 Å². The average Bonchev–Trinajstić information content (AvgIpc) is 3.41. The summed E-state index contributed by atoms with van der Waals surface area (Å²) in [6.45, 7) is 4.79. The first kappa shape index (κ1) is 18.1. The number of nitrogens with one attached hydrogen (secondary N) is 1. The van der Waals surface area contributed by atoms with E-state index in [1.54, 1.807) is 17.2 Å². The zero-order valence-corrected chi connectivity index (χ0v) is 15.8. The maximum absolute atomic E-state index is 12.6. The predicted octanol–water partition coefficient (Wildman–Crippen LogP) is 0.595. The van der Waals surface area contributed by atoms with Gasteiger partial charge in [0.1, 0.15) is 18.5 Å². The number of amides is 1. The van der Waals surface area contributed by atoms with Crippen molar-refractivity contribution >= 4 is 11.7 Å². The Morgan fingerprint density at radius 2 is 2.14 bits per heavy atom. The van der Waals surface area contributed by atoms with E-state index in [1.165, 1.54) is 6.33 Å². The van der Waals surface area contributed by atoms with Crippen LogP contribution in [-0.2, 0) is 11.3 Å². The highest BCUT2D eigenvalue weighted by Gasteiger charge is 2.26. The maximum atomic E-state index is 12.6. The molecule has 28 heavy (non-hydrogen) atoms. The summed E-state index contributed by atoms with van der Waals surface area (Å²) >= 11 is 0. The number of imidazole rings is 1. The van der Waals surface area contributed by atoms with Crippen LogP contribution in [0.1, 0.15) is 18.7 Å². The Labute approximate surface area is 162 Å². The molecule has 1 N–H and O–H groups in total. The second-order valence-electron chi connectivity index (χ2n) is 6.83. The van der Waals surface area contributed by atoms with Gasteiger partial charge in [0.05, 0.1) is 5.92 Å². The zero-order valence-electron chi connectivity index (χ0n) is 15.8. The van der Waals surface area contributed by atoms with Gasteiger partial charge in [-0.2, -0.15) is 5.10 Å². The van der Waals surface area contributed by atoms with Gasteiger partial charge in [0, 0.05) is 38.6 Å². The normalized spacial score (nSPS) is 16.9. The molecule has 1 atom stereocenters. The molecule has 0 aliphatic carbocycles. The van der Waals surface area contributed by atoms with E-state index in [1.807, 2.05) is 29.8 Å². The topological polar surface area (TPSA) is 107 Å². The molecule has 146 valence electrons. The van der Waals surface area contributed by atoms with E-state index in [0.717, 1.165) is 37.6 Å². The number of nitrogens with zero attached hydrogens (tertiary/aromatic N) is 8. The molecule has 10 nitrogen and oxygen atoms in total. The van der Waals surface area contributed by atoms with Crippen LogP contribution in [0, 0.1) is 12.8 Å². The molecule has 0 radical (unpaired) electrons. The Morgan fingerprint density at radius 3 is 2.86 bits per heavy atom. The molecule has 1 unspecified atom stereocenters. The fraction of sp³-hybridized carbons (Fsp3) is 0.444. The van der Waals surface area contributed by atoms with Crippen LogP contribution in [0.25, 0.3) is 5.82 Å². The van der Waals surface area contributed by atoms with Crippen LogP contribution in [-0.4, -0.2) is 60.1 Å². The van der Waals surface area contributed by atoms with Crippen molar-refractivity contribution in [3.05, 3.63) is 43.0 Å². The van der Waals surface area contributed by atoms with Crippen LogP contribution >= 0.6 is 0 Å². The molecular weight excluding hydrogens is 358 g/mol. The molecule has 4 rings (SSSR count). The van der Waals surface area contributed by atoms with E-state index in [4.69, 9.17) is 0 Å². The largest absolute Gasteiger partial charge is 0.354 e. The van der Waals surface area contributed by atoms with Crippen LogP contribution in [0.4, 0.5) is 5.82 Å². The molecule has 1 aliphatic heterocycles. The fourth-order valence-electron chi connectivity index (χ4n) is 3.42. The van der Waals surface area contributed by atoms with Crippen LogP contribution in [0.5, 0.6) is 0 Å². The summed E-state index contributed by atoms with van der Waals surface area (Å²) in [5.74, 6) is 2.38. The van der Waals surface area contributed by atoms with Crippen molar-refractivity contribution in [2.45, 2.75) is 26.3 Å². The average molecular weight is 381 g/mol. The minimum absolute atomic E-state index is 0.0468. The highest BCUT2D eigenvalue weighted by atomic mass is 16.1. The molecule has 0 saturated carbocycles. The van der Waals surface area contributed by atoms with Crippen molar-refractivity contribution in [1.82, 2.24) is 39.8 Å². The Kier molecular flexibility index (Phi) is 5.27. The number of carbonyl (C=O) groups is 1. The van der Waals surface area contributed by atoms with Gasteiger partial charge in [-0.1, -0.05) is 0 Å². The molecule has 1 aliphatic rings. The van der Waals surface area contributed by atoms with Crippen LogP contribution in [0.2, 0.25) is 0 Å². The number of piperidine rings is 1. The monoisotopic (exact) mass is 381 g/mol. The van der Waals surface area contributed by atoms with Crippen molar-refractivity contribution in [1.29, 1.82) is 0 Å². The first-order chi connectivity index (χ1) is 13.7. The molecule has 0 aromatic carbocycles. The Morgan fingerprint density at radius 1 is 1.29 bits per heavy atom. The van der Waals surface area contributed by atoms with Gasteiger partial charge >= 0.3 is 0 Å². The summed E-state index contributed by atoms with van der Waals surface area (Å²) in [6, 6.07) is 3.76. The summed E-state index contributed by atoms with van der Waals surface area (Å²) in [7, 11) is 0. The number of anilines is 1. The van der Waals surface area contributed by atoms with Gasteiger partial charge < -0.3 is 14.8 Å². The number of carbonyl (C=O) groups excluding carboxylic acids is 1. The summed E-state index contributed by atoms with van der Waals surface area (Å²) in [6.07, 6.45) is 8.56. The second-order valence-corrected chi connectivity index (χ2v) is 6.83. The molecule has 3 aromatic heterocycles. The molecule has 0 spiro atoms. The third-order valence-electron chi connectivity index (χ3n) is 4.98. The number of rotatable bonds is 6. The van der Waals surface area contributed by atoms with E-state index >= 15 is 0 Å². The van der Waals surface area contributed by atoms with Crippen molar-refractivity contribution in [3.63, 3.8) is 0 Å². The van der Waals surface area contributed by atoms with E-state index in [9.17, 15) is 4.79 Å². The zero-order chi connectivity index (χ0) is 19.3. The van der Waals surface area contributed by atoms with Crippen molar-refractivity contribution < 1.29 is 4.79 Å². The quantitative estimate of drug-likeness (QED) is 0.666. The lowest BCUT2D eigenvalue weighted by atomic mass is 9.97. The van der Waals surface area contributed by atoms with E-state index < -0.39 is 0 Å². The molecular formula is C18H23N9O. The summed E-state index contributed by atoms with van der Waals surface area (Å²) in [5, 5.41) is 15.6. The second kappa shape index (κ2) is 8.15. The first-order valence-electron chi connectivity index (χ1n) is 9.40. The van der Waals surface area contributed by atoms with Gasteiger partial charge in [0.2, 0.25) is 5.91 Å². The van der Waals surface area contributed by atoms with Gasteiger partial charge in [0.15, 0.2) is 11.6 Å². The predicted molar refractivity (Wildman–Crippen MR) is 102 cm³/mol. The standard InChI is InChI=1S/C18H23N9O/c1-14-20-6-9-25(14)10-7-21-18(28)15-3-2-8-26(11-15)16-4-5-17(24-23-16)27-13-19-12-22-27/h4-6,9,12-13,15H,2-3,7-8,10-11H2,1H3,(H,21,28). The summed E-state index contributed by atoms with van der Waals surface area (Å²) in [4.78, 5) is 22.8. The van der Waals surface area contributed by atoms with Crippen LogP contribution in [0.15, 0.2) is 37.2 Å². The number of hydrogen-bond acceptors (Lipinski definition) is 7. The summed E-state index contributed by atoms with van der Waals surface area (Å²) in [5.41, 5.74) is 0. The van der Waals surface area contributed by atoms with Crippen LogP contribution < -0.4 is 10.2 Å². The molecule has 1 fully saturated rings. The lowest BCUT2D eigenvalue weighted by Crippen LogP contribution is -2.44. The number of hydrogen-bond donors (Lipinski definition) is 1.